The summed E-state index contributed by atoms with van der Waals surface area (Å²) in [4.78, 5) is 4.34. The zero-order valence-corrected chi connectivity index (χ0v) is 12.4. The van der Waals surface area contributed by atoms with Gasteiger partial charge < -0.3 is 5.32 Å². The summed E-state index contributed by atoms with van der Waals surface area (Å²) in [5, 5.41) is 3.39. The lowest BCUT2D eigenvalue weighted by atomic mass is 9.97. The van der Waals surface area contributed by atoms with Gasteiger partial charge in [-0.25, -0.2) is 0 Å². The van der Waals surface area contributed by atoms with Crippen LogP contribution >= 0.6 is 31.9 Å². The first kappa shape index (κ1) is 13.1. The van der Waals surface area contributed by atoms with Crippen molar-refractivity contribution in [3.63, 3.8) is 0 Å². The highest BCUT2D eigenvalue weighted by Gasteiger charge is 2.09. The zero-order chi connectivity index (χ0) is 11.5. The van der Waals surface area contributed by atoms with Gasteiger partial charge in [0, 0.05) is 28.2 Å². The molecule has 0 aromatic carbocycles. The van der Waals surface area contributed by atoms with Crippen molar-refractivity contribution in [3.8, 4) is 0 Å². The zero-order valence-electron chi connectivity index (χ0n) is 9.27. The lowest BCUT2D eigenvalue weighted by Gasteiger charge is -2.18. The molecule has 84 valence electrons. The lowest BCUT2D eigenvalue weighted by Crippen LogP contribution is -2.26. The van der Waals surface area contributed by atoms with Crippen LogP contribution in [0.3, 0.4) is 0 Å². The largest absolute Gasteiger partial charge is 0.311 e. The van der Waals surface area contributed by atoms with Crippen LogP contribution in [0.4, 0.5) is 0 Å². The number of halogens is 2. The first-order chi connectivity index (χ1) is 6.88. The minimum Gasteiger partial charge on any atom is -0.311 e. The highest BCUT2D eigenvalue weighted by molar-refractivity contribution is 9.11. The molecule has 0 unspecified atom stereocenters. The van der Waals surface area contributed by atoms with Gasteiger partial charge in [-0.1, -0.05) is 20.8 Å². The second kappa shape index (κ2) is 5.41. The molecule has 1 rings (SSSR count). The van der Waals surface area contributed by atoms with Crippen LogP contribution in [0.1, 0.15) is 26.5 Å². The second-order valence-electron chi connectivity index (χ2n) is 4.75. The topological polar surface area (TPSA) is 24.9 Å². The van der Waals surface area contributed by atoms with Crippen molar-refractivity contribution in [1.29, 1.82) is 0 Å². The maximum Gasteiger partial charge on any atom is 0.0684 e. The van der Waals surface area contributed by atoms with Crippen molar-refractivity contribution >= 4 is 31.9 Å². The summed E-state index contributed by atoms with van der Waals surface area (Å²) in [6.45, 7) is 8.42. The average Bonchev–Trinajstić information content (AvgIpc) is 2.07. The van der Waals surface area contributed by atoms with Gasteiger partial charge in [0.1, 0.15) is 0 Å². The number of aromatic nitrogens is 1. The third kappa shape index (κ3) is 5.09. The molecular formula is C11H16Br2N2. The van der Waals surface area contributed by atoms with Crippen molar-refractivity contribution in [2.24, 2.45) is 5.41 Å². The molecule has 1 aromatic rings. The van der Waals surface area contributed by atoms with E-state index in [2.05, 4.69) is 62.9 Å². The molecule has 0 spiro atoms. The van der Waals surface area contributed by atoms with E-state index in [1.165, 1.54) is 0 Å². The average molecular weight is 336 g/mol. The van der Waals surface area contributed by atoms with Crippen LogP contribution in [0.5, 0.6) is 0 Å². The third-order valence-electron chi connectivity index (χ3n) is 1.83. The molecule has 0 amide bonds. The van der Waals surface area contributed by atoms with Crippen molar-refractivity contribution < 1.29 is 0 Å². The van der Waals surface area contributed by atoms with E-state index in [0.717, 1.165) is 27.7 Å². The van der Waals surface area contributed by atoms with Crippen LogP contribution in [0, 0.1) is 5.41 Å². The second-order valence-corrected chi connectivity index (χ2v) is 6.52. The monoisotopic (exact) mass is 334 g/mol. The van der Waals surface area contributed by atoms with Crippen LogP contribution < -0.4 is 5.32 Å². The fraction of sp³-hybridized carbons (Fsp3) is 0.545. The van der Waals surface area contributed by atoms with E-state index in [9.17, 15) is 0 Å². The smallest absolute Gasteiger partial charge is 0.0684 e. The Morgan fingerprint density at radius 3 is 2.53 bits per heavy atom. The molecule has 4 heteroatoms. The van der Waals surface area contributed by atoms with Gasteiger partial charge in [0.05, 0.1) is 5.69 Å². The van der Waals surface area contributed by atoms with Crippen LogP contribution in [0.25, 0.3) is 0 Å². The van der Waals surface area contributed by atoms with Gasteiger partial charge in [-0.05, 0) is 43.3 Å². The molecule has 0 bridgehead atoms. The molecule has 0 radical (unpaired) electrons. The van der Waals surface area contributed by atoms with Gasteiger partial charge in [-0.2, -0.15) is 0 Å². The molecule has 0 saturated heterocycles. The van der Waals surface area contributed by atoms with E-state index >= 15 is 0 Å². The molecule has 0 aliphatic rings. The number of hydrogen-bond donors (Lipinski definition) is 1. The summed E-state index contributed by atoms with van der Waals surface area (Å²) < 4.78 is 2.03. The van der Waals surface area contributed by atoms with E-state index in [4.69, 9.17) is 0 Å². The van der Waals surface area contributed by atoms with E-state index < -0.39 is 0 Å². The maximum absolute atomic E-state index is 4.34. The molecule has 0 saturated carbocycles. The van der Waals surface area contributed by atoms with Gasteiger partial charge in [0.2, 0.25) is 0 Å². The highest BCUT2D eigenvalue weighted by Crippen LogP contribution is 2.19. The standard InChI is InChI=1S/C11H16Br2N2/c1-11(2,3)7-14-6-10-9(13)4-8(12)5-15-10/h4-5,14H,6-7H2,1-3H3. The molecule has 0 aliphatic carbocycles. The molecule has 1 aromatic heterocycles. The fourth-order valence-electron chi connectivity index (χ4n) is 1.13. The summed E-state index contributed by atoms with van der Waals surface area (Å²) in [6, 6.07) is 2.01. The van der Waals surface area contributed by atoms with E-state index in [1.54, 1.807) is 0 Å². The Morgan fingerprint density at radius 1 is 1.33 bits per heavy atom. The molecular weight excluding hydrogens is 320 g/mol. The normalized spacial score (nSPS) is 11.8. The molecule has 1 heterocycles. The Labute approximate surface area is 108 Å². The van der Waals surface area contributed by atoms with Gasteiger partial charge in [-0.3, -0.25) is 4.98 Å². The Kier molecular flexibility index (Phi) is 4.74. The van der Waals surface area contributed by atoms with Crippen LogP contribution in [0.15, 0.2) is 21.2 Å². The first-order valence-electron chi connectivity index (χ1n) is 4.89. The Balaban J connectivity index is 2.51. The quantitative estimate of drug-likeness (QED) is 0.910. The molecule has 15 heavy (non-hydrogen) atoms. The summed E-state index contributed by atoms with van der Waals surface area (Å²) in [5.74, 6) is 0. The van der Waals surface area contributed by atoms with E-state index in [1.807, 2.05) is 12.3 Å². The molecule has 0 atom stereocenters. The van der Waals surface area contributed by atoms with Crippen LogP contribution in [-0.4, -0.2) is 11.5 Å². The van der Waals surface area contributed by atoms with Gasteiger partial charge in [0.15, 0.2) is 0 Å². The highest BCUT2D eigenvalue weighted by atomic mass is 79.9. The van der Waals surface area contributed by atoms with Gasteiger partial charge in [-0.15, -0.1) is 0 Å². The number of pyridine rings is 1. The Morgan fingerprint density at radius 2 is 2.00 bits per heavy atom. The predicted molar refractivity (Wildman–Crippen MR) is 70.8 cm³/mol. The summed E-state index contributed by atoms with van der Waals surface area (Å²) in [7, 11) is 0. The minimum absolute atomic E-state index is 0.307. The number of hydrogen-bond acceptors (Lipinski definition) is 2. The fourth-order valence-corrected chi connectivity index (χ4v) is 2.26. The SMILES string of the molecule is CC(C)(C)CNCc1ncc(Br)cc1Br. The van der Waals surface area contributed by atoms with E-state index in [0.29, 0.717) is 5.41 Å². The van der Waals surface area contributed by atoms with Gasteiger partial charge >= 0.3 is 0 Å². The first-order valence-corrected chi connectivity index (χ1v) is 6.48. The van der Waals surface area contributed by atoms with Crippen LogP contribution in [-0.2, 0) is 6.54 Å². The molecule has 1 N–H and O–H groups in total. The Bertz CT molecular complexity index is 332. The van der Waals surface area contributed by atoms with E-state index in [-0.39, 0.29) is 0 Å². The summed E-state index contributed by atoms with van der Waals surface area (Å²) >= 11 is 6.88. The van der Waals surface area contributed by atoms with Crippen molar-refractivity contribution in [1.82, 2.24) is 10.3 Å². The molecule has 2 nitrogen and oxygen atoms in total. The Hall–Kier alpha value is 0.0700. The predicted octanol–water partition coefficient (Wildman–Crippen LogP) is 3.74. The van der Waals surface area contributed by atoms with Crippen molar-refractivity contribution in [2.75, 3.05) is 6.54 Å². The van der Waals surface area contributed by atoms with Crippen molar-refractivity contribution in [2.45, 2.75) is 27.3 Å². The third-order valence-corrected chi connectivity index (χ3v) is 2.95. The maximum atomic E-state index is 4.34. The molecule has 0 fully saturated rings. The number of nitrogens with zero attached hydrogens (tertiary/aromatic N) is 1. The number of rotatable bonds is 3. The van der Waals surface area contributed by atoms with Gasteiger partial charge in [0.25, 0.3) is 0 Å². The summed E-state index contributed by atoms with van der Waals surface area (Å²) in [6.07, 6.45) is 1.82. The summed E-state index contributed by atoms with van der Waals surface area (Å²) in [5.41, 5.74) is 1.35. The minimum atomic E-state index is 0.307. The molecule has 0 aliphatic heterocycles. The van der Waals surface area contributed by atoms with Crippen LogP contribution in [0.2, 0.25) is 0 Å². The van der Waals surface area contributed by atoms with Crippen molar-refractivity contribution in [3.05, 3.63) is 26.9 Å². The lowest BCUT2D eigenvalue weighted by molar-refractivity contribution is 0.378. The number of nitrogens with one attached hydrogen (secondary N) is 1.